The van der Waals surface area contributed by atoms with Gasteiger partial charge in [0.25, 0.3) is 0 Å². The van der Waals surface area contributed by atoms with Crippen molar-refractivity contribution in [3.8, 4) is 45.6 Å². The van der Waals surface area contributed by atoms with Crippen molar-refractivity contribution in [2.24, 2.45) is 0 Å². The maximum atomic E-state index is 5.02. The number of hydrogen-bond donors (Lipinski definition) is 2. The largest absolute Gasteiger partial charge is 0.324 e. The fourth-order valence-electron chi connectivity index (χ4n) is 5.59. The van der Waals surface area contributed by atoms with Gasteiger partial charge in [0, 0.05) is 69.6 Å². The summed E-state index contributed by atoms with van der Waals surface area (Å²) in [6.45, 7) is 0. The SMILES string of the molecule is [Sc].c1ccc2c(c1)-c1nc-2nc2[nH]c(nc3nc(nc4[nH]c(n1)c1ccccc41)-c1ccccc1-3)c1ccccc21. The fourth-order valence-corrected chi connectivity index (χ4v) is 5.59. The summed E-state index contributed by atoms with van der Waals surface area (Å²) < 4.78 is 0. The molecule has 8 bridgehead atoms. The first kappa shape index (κ1) is 24.0. The molecule has 41 heavy (non-hydrogen) atoms. The second-order valence-electron chi connectivity index (χ2n) is 9.79. The molecule has 0 saturated carbocycles. The average molecular weight is 560 g/mol. The number of H-pyrrole nitrogens is 2. The average Bonchev–Trinajstić information content (AvgIpc) is 3.73. The van der Waals surface area contributed by atoms with Crippen LogP contribution in [0.5, 0.6) is 0 Å². The Labute approximate surface area is 251 Å². The van der Waals surface area contributed by atoms with E-state index in [1.54, 1.807) is 0 Å². The van der Waals surface area contributed by atoms with Gasteiger partial charge < -0.3 is 9.97 Å². The van der Waals surface area contributed by atoms with Gasteiger partial charge in [-0.05, 0) is 0 Å². The molecule has 3 aromatic heterocycles. The Morgan fingerprint density at radius 2 is 0.561 bits per heavy atom. The van der Waals surface area contributed by atoms with E-state index in [1.165, 1.54) is 0 Å². The quantitative estimate of drug-likeness (QED) is 0.210. The molecule has 4 aromatic carbocycles. The molecule has 0 amide bonds. The molecule has 0 atom stereocenters. The number of nitrogens with zero attached hydrogens (tertiary/aromatic N) is 6. The summed E-state index contributed by atoms with van der Waals surface area (Å²) in [5, 5.41) is 3.82. The van der Waals surface area contributed by atoms with E-state index in [0.29, 0.717) is 45.9 Å². The first-order chi connectivity index (χ1) is 19.8. The minimum absolute atomic E-state index is 0. The molecule has 0 aliphatic carbocycles. The van der Waals surface area contributed by atoms with Crippen molar-refractivity contribution in [2.75, 3.05) is 0 Å². The van der Waals surface area contributed by atoms with Gasteiger partial charge in [0.05, 0.1) is 0 Å². The van der Waals surface area contributed by atoms with Crippen LogP contribution in [-0.4, -0.2) is 39.9 Å². The molecular weight excluding hydrogens is 541 g/mol. The van der Waals surface area contributed by atoms with E-state index in [0.717, 1.165) is 43.8 Å². The van der Waals surface area contributed by atoms with Crippen LogP contribution in [0.3, 0.4) is 0 Å². The van der Waals surface area contributed by atoms with Crippen molar-refractivity contribution >= 4 is 44.1 Å². The molecule has 2 N–H and O–H groups in total. The number of hydrogen-bond acceptors (Lipinski definition) is 6. The molecule has 9 rings (SSSR count). The van der Waals surface area contributed by atoms with E-state index >= 15 is 0 Å². The number of fused-ring (bicyclic) bond motifs is 20. The van der Waals surface area contributed by atoms with Gasteiger partial charge in [-0.2, -0.15) is 0 Å². The van der Waals surface area contributed by atoms with Crippen molar-refractivity contribution < 1.29 is 25.8 Å². The molecular formula is C32H18N8Sc. The first-order valence-corrected chi connectivity index (χ1v) is 13.0. The summed E-state index contributed by atoms with van der Waals surface area (Å²) >= 11 is 0. The molecule has 0 fully saturated rings. The molecule has 189 valence electrons. The predicted molar refractivity (Wildman–Crippen MR) is 156 cm³/mol. The summed E-state index contributed by atoms with van der Waals surface area (Å²) in [5.41, 5.74) is 6.45. The van der Waals surface area contributed by atoms with E-state index in [1.807, 2.05) is 97.1 Å². The Balaban J connectivity index is 0.00000256. The van der Waals surface area contributed by atoms with Crippen LogP contribution in [0, 0.1) is 0 Å². The zero-order chi connectivity index (χ0) is 26.2. The molecule has 0 spiro atoms. The summed E-state index contributed by atoms with van der Waals surface area (Å²) in [4.78, 5) is 36.8. The Hall–Kier alpha value is -4.89. The Bertz CT molecular complexity index is 2030. The Morgan fingerprint density at radius 1 is 0.317 bits per heavy atom. The minimum Gasteiger partial charge on any atom is -0.324 e. The first-order valence-electron chi connectivity index (χ1n) is 13.0. The molecule has 5 heterocycles. The van der Waals surface area contributed by atoms with Gasteiger partial charge in [-0.3, -0.25) is 0 Å². The third kappa shape index (κ3) is 3.62. The van der Waals surface area contributed by atoms with E-state index in [-0.39, 0.29) is 25.8 Å². The molecule has 2 aliphatic rings. The predicted octanol–water partition coefficient (Wildman–Crippen LogP) is 6.87. The van der Waals surface area contributed by atoms with Gasteiger partial charge in [0.1, 0.15) is 22.6 Å². The number of aromatic nitrogens is 8. The molecule has 8 nitrogen and oxygen atoms in total. The zero-order valence-corrected chi connectivity index (χ0v) is 23.3. The van der Waals surface area contributed by atoms with Crippen molar-refractivity contribution in [1.82, 2.24) is 39.9 Å². The summed E-state index contributed by atoms with van der Waals surface area (Å²) in [6.07, 6.45) is 0. The van der Waals surface area contributed by atoms with E-state index in [2.05, 4.69) is 9.97 Å². The molecule has 9 heteroatoms. The smallest absolute Gasteiger partial charge is 0.164 e. The van der Waals surface area contributed by atoms with Gasteiger partial charge >= 0.3 is 0 Å². The monoisotopic (exact) mass is 559 g/mol. The second kappa shape index (κ2) is 9.07. The van der Waals surface area contributed by atoms with Crippen molar-refractivity contribution in [3.63, 3.8) is 0 Å². The number of benzene rings is 4. The maximum Gasteiger partial charge on any atom is 0.164 e. The van der Waals surface area contributed by atoms with Crippen molar-refractivity contribution in [3.05, 3.63) is 97.1 Å². The standard InChI is InChI=1S/C32H18N8.Sc/c1-2-10-18-17(9-1)25-33-26(18)38-28-21-13-5-6-14-22(21)30(35-28)40-32-24-16-8-7-15-23(24)31(36-32)39-29-20-12-4-3-11-19(20)27(34-29)37-25;/h1-16H,(H2,33,34,35,36,37,38,39,40);. The maximum absolute atomic E-state index is 5.02. The van der Waals surface area contributed by atoms with Crippen LogP contribution in [0.25, 0.3) is 89.7 Å². The molecule has 7 aromatic rings. The van der Waals surface area contributed by atoms with Gasteiger partial charge in [-0.1, -0.05) is 97.1 Å². The number of aromatic amines is 2. The molecule has 2 aliphatic heterocycles. The van der Waals surface area contributed by atoms with Crippen LogP contribution >= 0.6 is 0 Å². The molecule has 1 radical (unpaired) electrons. The molecule has 0 unspecified atom stereocenters. The van der Waals surface area contributed by atoms with Crippen molar-refractivity contribution in [1.29, 1.82) is 0 Å². The van der Waals surface area contributed by atoms with Crippen LogP contribution < -0.4 is 0 Å². The van der Waals surface area contributed by atoms with Gasteiger partial charge in [0.15, 0.2) is 23.3 Å². The Kier molecular flexibility index (Phi) is 5.30. The third-order valence-electron chi connectivity index (χ3n) is 7.46. The van der Waals surface area contributed by atoms with E-state index in [4.69, 9.17) is 29.9 Å². The fraction of sp³-hybridized carbons (Fsp3) is 0. The summed E-state index contributed by atoms with van der Waals surface area (Å²) in [5.74, 6) is 2.39. The van der Waals surface area contributed by atoms with Gasteiger partial charge in [0.2, 0.25) is 0 Å². The zero-order valence-electron chi connectivity index (χ0n) is 21.5. The van der Waals surface area contributed by atoms with Crippen molar-refractivity contribution in [2.45, 2.75) is 0 Å². The van der Waals surface area contributed by atoms with Crippen LogP contribution in [-0.2, 0) is 25.8 Å². The summed E-state index contributed by atoms with van der Waals surface area (Å²) in [6, 6.07) is 32.2. The summed E-state index contributed by atoms with van der Waals surface area (Å²) in [7, 11) is 0. The number of nitrogens with one attached hydrogen (secondary N) is 2. The normalized spacial score (nSPS) is 11.7. The topological polar surface area (TPSA) is 109 Å². The van der Waals surface area contributed by atoms with Crippen LogP contribution in [0.2, 0.25) is 0 Å². The van der Waals surface area contributed by atoms with E-state index in [9.17, 15) is 0 Å². The van der Waals surface area contributed by atoms with E-state index < -0.39 is 0 Å². The Morgan fingerprint density at radius 3 is 0.829 bits per heavy atom. The van der Waals surface area contributed by atoms with Crippen LogP contribution in [0.1, 0.15) is 0 Å². The second-order valence-corrected chi connectivity index (χ2v) is 9.79. The van der Waals surface area contributed by atoms with Gasteiger partial charge in [-0.25, -0.2) is 29.9 Å². The third-order valence-corrected chi connectivity index (χ3v) is 7.46. The minimum atomic E-state index is 0. The van der Waals surface area contributed by atoms with Gasteiger partial charge in [-0.15, -0.1) is 0 Å². The number of rotatable bonds is 0. The van der Waals surface area contributed by atoms with Crippen LogP contribution in [0.4, 0.5) is 0 Å². The van der Waals surface area contributed by atoms with Crippen LogP contribution in [0.15, 0.2) is 97.1 Å². The molecule has 0 saturated heterocycles.